The van der Waals surface area contributed by atoms with Gasteiger partial charge in [-0.05, 0) is 24.3 Å². The lowest BCUT2D eigenvalue weighted by atomic mass is 10.1. The minimum atomic E-state index is -4.98. The van der Waals surface area contributed by atoms with Gasteiger partial charge < -0.3 is 10.6 Å². The molecule has 2 aromatic rings. The number of nitrogens with zero attached hydrogens (tertiary/aromatic N) is 3. The molecule has 124 valence electrons. The van der Waals surface area contributed by atoms with Gasteiger partial charge in [0.1, 0.15) is 0 Å². The quantitative estimate of drug-likeness (QED) is 0.661. The highest BCUT2D eigenvalue weighted by Gasteiger charge is 2.66. The number of amides is 1. The van der Waals surface area contributed by atoms with E-state index in [2.05, 4.69) is 15.2 Å². The number of nitrogens with one attached hydrogen (secondary N) is 1. The molecule has 0 unspecified atom stereocenters. The third kappa shape index (κ3) is 2.83. The number of halogens is 4. The monoisotopic (exact) mass is 331 g/mol. The second-order valence-electron chi connectivity index (χ2n) is 4.98. The van der Waals surface area contributed by atoms with Crippen LogP contribution in [0.5, 0.6) is 0 Å². The van der Waals surface area contributed by atoms with Crippen LogP contribution in [0.25, 0.3) is 11.4 Å². The summed E-state index contributed by atoms with van der Waals surface area (Å²) >= 11 is 0. The highest BCUT2D eigenvalue weighted by Crippen LogP contribution is 2.42. The molecule has 0 aliphatic rings. The normalized spacial score (nSPS) is 12.3. The van der Waals surface area contributed by atoms with Crippen LogP contribution in [0.2, 0.25) is 0 Å². The van der Waals surface area contributed by atoms with Crippen molar-refractivity contribution in [2.45, 2.75) is 11.8 Å². The SMILES string of the molecule is CN(C)C(=O)C(F)(F)C(F)(F)c1n[nH]c(-c2ccc(N)cc2)n1. The third-order valence-electron chi connectivity index (χ3n) is 3.02. The van der Waals surface area contributed by atoms with E-state index >= 15 is 0 Å². The number of alkyl halides is 4. The Kier molecular flexibility index (Phi) is 4.01. The fourth-order valence-corrected chi connectivity index (χ4v) is 1.73. The molecule has 0 bridgehead atoms. The topological polar surface area (TPSA) is 87.9 Å². The predicted molar refractivity (Wildman–Crippen MR) is 73.8 cm³/mol. The van der Waals surface area contributed by atoms with E-state index in [9.17, 15) is 22.4 Å². The Morgan fingerprint density at radius 1 is 1.17 bits per heavy atom. The number of H-pyrrole nitrogens is 1. The van der Waals surface area contributed by atoms with Crippen molar-refractivity contribution in [3.63, 3.8) is 0 Å². The van der Waals surface area contributed by atoms with E-state index in [0.29, 0.717) is 16.2 Å². The van der Waals surface area contributed by atoms with E-state index in [-0.39, 0.29) is 5.82 Å². The molecular formula is C13H13F4N5O. The first-order chi connectivity index (χ1) is 10.6. The molecule has 0 saturated heterocycles. The molecule has 3 N–H and O–H groups in total. The number of carbonyl (C=O) groups excluding carboxylic acids is 1. The van der Waals surface area contributed by atoms with Gasteiger partial charge in [-0.2, -0.15) is 22.7 Å². The summed E-state index contributed by atoms with van der Waals surface area (Å²) < 4.78 is 55.4. The number of hydrogen-bond donors (Lipinski definition) is 2. The number of hydrogen-bond acceptors (Lipinski definition) is 4. The number of nitrogen functional groups attached to an aromatic ring is 1. The van der Waals surface area contributed by atoms with Gasteiger partial charge in [0.2, 0.25) is 5.82 Å². The molecule has 0 radical (unpaired) electrons. The first-order valence-corrected chi connectivity index (χ1v) is 6.33. The number of aromatic nitrogens is 3. The van der Waals surface area contributed by atoms with Gasteiger partial charge in [0.15, 0.2) is 5.82 Å². The number of anilines is 1. The maximum Gasteiger partial charge on any atom is 0.394 e. The van der Waals surface area contributed by atoms with Crippen molar-refractivity contribution in [2.24, 2.45) is 0 Å². The van der Waals surface area contributed by atoms with Crippen LogP contribution in [-0.4, -0.2) is 46.0 Å². The Morgan fingerprint density at radius 2 is 1.74 bits per heavy atom. The molecule has 0 atom stereocenters. The number of benzene rings is 1. The summed E-state index contributed by atoms with van der Waals surface area (Å²) in [5, 5.41) is 5.27. The van der Waals surface area contributed by atoms with Crippen LogP contribution in [0.1, 0.15) is 5.82 Å². The smallest absolute Gasteiger partial charge is 0.394 e. The van der Waals surface area contributed by atoms with Crippen LogP contribution in [0.15, 0.2) is 24.3 Å². The summed E-state index contributed by atoms with van der Waals surface area (Å²) in [6.45, 7) is 0. The van der Waals surface area contributed by atoms with Crippen molar-refractivity contribution in [2.75, 3.05) is 19.8 Å². The Hall–Kier alpha value is -2.65. The zero-order chi connectivity index (χ0) is 17.4. The van der Waals surface area contributed by atoms with E-state index in [1.165, 1.54) is 24.3 Å². The zero-order valence-corrected chi connectivity index (χ0v) is 12.1. The van der Waals surface area contributed by atoms with Gasteiger partial charge in [-0.25, -0.2) is 4.98 Å². The van der Waals surface area contributed by atoms with Gasteiger partial charge >= 0.3 is 11.8 Å². The molecule has 0 fully saturated rings. The van der Waals surface area contributed by atoms with E-state index in [1.54, 1.807) is 0 Å². The molecule has 0 aliphatic carbocycles. The Balaban J connectivity index is 2.38. The lowest BCUT2D eigenvalue weighted by Crippen LogP contribution is -2.50. The molecule has 10 heteroatoms. The van der Waals surface area contributed by atoms with Gasteiger partial charge in [-0.1, -0.05) is 0 Å². The van der Waals surface area contributed by atoms with Crippen molar-refractivity contribution in [3.05, 3.63) is 30.1 Å². The molecule has 1 aromatic carbocycles. The van der Waals surface area contributed by atoms with Crippen molar-refractivity contribution in [1.82, 2.24) is 20.1 Å². The second-order valence-corrected chi connectivity index (χ2v) is 4.98. The molecule has 0 aliphatic heterocycles. The second kappa shape index (κ2) is 5.52. The lowest BCUT2D eigenvalue weighted by Gasteiger charge is -2.25. The van der Waals surface area contributed by atoms with E-state index in [4.69, 9.17) is 5.73 Å². The van der Waals surface area contributed by atoms with Crippen LogP contribution >= 0.6 is 0 Å². The Morgan fingerprint density at radius 3 is 2.26 bits per heavy atom. The molecule has 6 nitrogen and oxygen atoms in total. The first kappa shape index (κ1) is 16.7. The molecule has 1 aromatic heterocycles. The zero-order valence-electron chi connectivity index (χ0n) is 12.1. The van der Waals surface area contributed by atoms with E-state index in [1.807, 2.05) is 0 Å². The third-order valence-corrected chi connectivity index (χ3v) is 3.02. The molecule has 0 saturated carbocycles. The average molecular weight is 331 g/mol. The summed E-state index contributed by atoms with van der Waals surface area (Å²) in [6.07, 6.45) is 0. The van der Waals surface area contributed by atoms with Gasteiger partial charge in [0.05, 0.1) is 0 Å². The minimum absolute atomic E-state index is 0.146. The largest absolute Gasteiger partial charge is 0.399 e. The van der Waals surface area contributed by atoms with Crippen LogP contribution in [0, 0.1) is 0 Å². The molecule has 23 heavy (non-hydrogen) atoms. The van der Waals surface area contributed by atoms with Gasteiger partial charge in [0.25, 0.3) is 5.91 Å². The summed E-state index contributed by atoms with van der Waals surface area (Å²) in [4.78, 5) is 15.1. The van der Waals surface area contributed by atoms with Gasteiger partial charge in [-0.15, -0.1) is 0 Å². The molecular weight excluding hydrogens is 318 g/mol. The number of nitrogens with two attached hydrogens (primary N) is 1. The summed E-state index contributed by atoms with van der Waals surface area (Å²) in [7, 11) is 1.90. The van der Waals surface area contributed by atoms with Crippen LogP contribution < -0.4 is 5.73 Å². The summed E-state index contributed by atoms with van der Waals surface area (Å²) in [5.74, 6) is -13.5. The molecule has 2 rings (SSSR count). The minimum Gasteiger partial charge on any atom is -0.399 e. The molecule has 0 spiro atoms. The molecule has 1 amide bonds. The lowest BCUT2D eigenvalue weighted by molar-refractivity contribution is -0.224. The Labute approximate surface area is 128 Å². The van der Waals surface area contributed by atoms with Crippen LogP contribution in [-0.2, 0) is 10.7 Å². The van der Waals surface area contributed by atoms with E-state index in [0.717, 1.165) is 14.1 Å². The number of aromatic amines is 1. The number of rotatable bonds is 4. The number of carbonyl (C=O) groups is 1. The Bertz CT molecular complexity index is 711. The van der Waals surface area contributed by atoms with Gasteiger partial charge in [-0.3, -0.25) is 9.89 Å². The van der Waals surface area contributed by atoms with Crippen molar-refractivity contribution in [3.8, 4) is 11.4 Å². The fraction of sp³-hybridized carbons (Fsp3) is 0.308. The van der Waals surface area contributed by atoms with E-state index < -0.39 is 23.6 Å². The molecule has 1 heterocycles. The predicted octanol–water partition coefficient (Wildman–Crippen LogP) is 1.87. The fourth-order valence-electron chi connectivity index (χ4n) is 1.73. The maximum atomic E-state index is 14.0. The van der Waals surface area contributed by atoms with Crippen LogP contribution in [0.4, 0.5) is 23.2 Å². The summed E-state index contributed by atoms with van der Waals surface area (Å²) in [5.41, 5.74) is 6.25. The standard InChI is InChI=1S/C13H13F4N5O/c1-22(2)11(23)13(16,17)12(14,15)10-19-9(20-21-10)7-3-5-8(18)6-4-7/h3-6H,18H2,1-2H3,(H,19,20,21). The highest BCUT2D eigenvalue weighted by atomic mass is 19.3. The average Bonchev–Trinajstić information content (AvgIpc) is 2.97. The first-order valence-electron chi connectivity index (χ1n) is 6.33. The van der Waals surface area contributed by atoms with Crippen molar-refractivity contribution < 1.29 is 22.4 Å². The van der Waals surface area contributed by atoms with Crippen molar-refractivity contribution in [1.29, 1.82) is 0 Å². The summed E-state index contributed by atoms with van der Waals surface area (Å²) in [6, 6.07) is 5.89. The van der Waals surface area contributed by atoms with Crippen molar-refractivity contribution >= 4 is 11.6 Å². The maximum absolute atomic E-state index is 14.0. The highest BCUT2D eigenvalue weighted by molar-refractivity contribution is 5.84. The van der Waals surface area contributed by atoms with Crippen LogP contribution in [0.3, 0.4) is 0 Å². The van der Waals surface area contributed by atoms with Gasteiger partial charge in [0, 0.05) is 25.3 Å².